The molecule has 1 atom stereocenters. The third-order valence-electron chi connectivity index (χ3n) is 2.86. The summed E-state index contributed by atoms with van der Waals surface area (Å²) in [6.45, 7) is 9.12. The summed E-state index contributed by atoms with van der Waals surface area (Å²) in [4.78, 5) is 4.61. The molecule has 1 aromatic heterocycles. The third kappa shape index (κ3) is 3.81. The molecule has 0 bridgehead atoms. The van der Waals surface area contributed by atoms with Gasteiger partial charge in [0.1, 0.15) is 10.8 Å². The van der Waals surface area contributed by atoms with Crippen molar-refractivity contribution in [3.63, 3.8) is 0 Å². The van der Waals surface area contributed by atoms with Crippen LogP contribution in [0.3, 0.4) is 0 Å². The van der Waals surface area contributed by atoms with E-state index in [2.05, 4.69) is 34.7 Å². The normalized spacial score (nSPS) is 12.7. The Balaban J connectivity index is 2.29. The highest BCUT2D eigenvalue weighted by molar-refractivity contribution is 7.09. The van der Waals surface area contributed by atoms with Crippen LogP contribution in [-0.2, 0) is 0 Å². The summed E-state index contributed by atoms with van der Waals surface area (Å²) in [5, 5.41) is 6.70. The van der Waals surface area contributed by atoms with Crippen LogP contribution in [0.25, 0.3) is 0 Å². The Hall–Kier alpha value is -1.39. The Labute approximate surface area is 125 Å². The Morgan fingerprint density at radius 1 is 1.35 bits per heavy atom. The number of nitrogens with zero attached hydrogens (tertiary/aromatic N) is 1. The number of aryl methyl sites for hydroxylation is 1. The highest BCUT2D eigenvalue weighted by atomic mass is 32.1. The lowest BCUT2D eigenvalue weighted by Gasteiger charge is -2.17. The van der Waals surface area contributed by atoms with E-state index in [4.69, 9.17) is 4.74 Å². The van der Waals surface area contributed by atoms with Crippen molar-refractivity contribution in [3.8, 4) is 5.75 Å². The number of thiazole rings is 1. The second-order valence-corrected chi connectivity index (χ2v) is 5.95. The van der Waals surface area contributed by atoms with Crippen molar-refractivity contribution < 1.29 is 4.74 Å². The van der Waals surface area contributed by atoms with E-state index in [0.29, 0.717) is 0 Å². The van der Waals surface area contributed by atoms with Crippen molar-refractivity contribution in [1.29, 1.82) is 0 Å². The first-order chi connectivity index (χ1) is 9.60. The highest BCUT2D eigenvalue weighted by Crippen LogP contribution is 2.27. The van der Waals surface area contributed by atoms with E-state index in [1.807, 2.05) is 32.9 Å². The van der Waals surface area contributed by atoms with Gasteiger partial charge < -0.3 is 10.1 Å². The fraction of sp³-hybridized carbons (Fsp3) is 0.438. The molecule has 0 aliphatic heterocycles. The molecule has 0 fully saturated rings. The van der Waals surface area contributed by atoms with Gasteiger partial charge in [-0.3, -0.25) is 0 Å². The van der Waals surface area contributed by atoms with Crippen LogP contribution in [0.1, 0.15) is 43.1 Å². The molecular formula is C16H22N2OS. The predicted molar refractivity (Wildman–Crippen MR) is 84.6 cm³/mol. The van der Waals surface area contributed by atoms with Gasteiger partial charge in [0, 0.05) is 11.1 Å². The molecule has 2 aromatic rings. The van der Waals surface area contributed by atoms with Crippen molar-refractivity contribution in [2.24, 2.45) is 0 Å². The number of benzene rings is 1. The van der Waals surface area contributed by atoms with E-state index in [1.165, 1.54) is 5.56 Å². The molecule has 0 radical (unpaired) electrons. The molecule has 20 heavy (non-hydrogen) atoms. The zero-order valence-electron chi connectivity index (χ0n) is 12.5. The summed E-state index contributed by atoms with van der Waals surface area (Å²) in [6, 6.07) is 8.40. The van der Waals surface area contributed by atoms with Gasteiger partial charge in [-0.1, -0.05) is 19.1 Å². The van der Waals surface area contributed by atoms with Crippen molar-refractivity contribution in [3.05, 3.63) is 45.9 Å². The third-order valence-corrected chi connectivity index (χ3v) is 3.88. The molecule has 1 aromatic carbocycles. The molecular weight excluding hydrogens is 268 g/mol. The maximum atomic E-state index is 5.78. The summed E-state index contributed by atoms with van der Waals surface area (Å²) >= 11 is 1.70. The van der Waals surface area contributed by atoms with Gasteiger partial charge in [0.2, 0.25) is 0 Å². The molecule has 0 amide bonds. The second-order valence-electron chi connectivity index (χ2n) is 5.06. The standard InChI is InChI=1S/C16H22N2OS/c1-5-17-15(16-18-12(4)10-20-16)13-7-6-8-14(9-13)19-11(2)3/h6-11,15,17H,5H2,1-4H3. The Bertz CT molecular complexity index is 551. The Kier molecular flexibility index (Phi) is 5.15. The van der Waals surface area contributed by atoms with Crippen LogP contribution in [0.2, 0.25) is 0 Å². The van der Waals surface area contributed by atoms with Crippen molar-refractivity contribution in [2.75, 3.05) is 6.54 Å². The van der Waals surface area contributed by atoms with Crippen molar-refractivity contribution in [2.45, 2.75) is 39.8 Å². The number of hydrogen-bond donors (Lipinski definition) is 1. The minimum absolute atomic E-state index is 0.134. The second kappa shape index (κ2) is 6.86. The average Bonchev–Trinajstić information content (AvgIpc) is 2.82. The minimum Gasteiger partial charge on any atom is -0.491 e. The summed E-state index contributed by atoms with van der Waals surface area (Å²) in [6.07, 6.45) is 0.185. The molecule has 0 aliphatic carbocycles. The molecule has 0 saturated carbocycles. The van der Waals surface area contributed by atoms with Crippen molar-refractivity contribution >= 4 is 11.3 Å². The van der Waals surface area contributed by atoms with Crippen LogP contribution >= 0.6 is 11.3 Å². The first-order valence-corrected chi connectivity index (χ1v) is 7.90. The van der Waals surface area contributed by atoms with Gasteiger partial charge in [0.05, 0.1) is 12.1 Å². The van der Waals surface area contributed by atoms with Gasteiger partial charge in [0.15, 0.2) is 0 Å². The maximum absolute atomic E-state index is 5.78. The summed E-state index contributed by atoms with van der Waals surface area (Å²) < 4.78 is 5.78. The predicted octanol–water partition coefficient (Wildman–Crippen LogP) is 3.94. The van der Waals surface area contributed by atoms with E-state index in [1.54, 1.807) is 11.3 Å². The zero-order chi connectivity index (χ0) is 14.5. The van der Waals surface area contributed by atoms with Crippen LogP contribution in [0.4, 0.5) is 0 Å². The fourth-order valence-corrected chi connectivity index (χ4v) is 2.99. The number of ether oxygens (including phenoxy) is 1. The van der Waals surface area contributed by atoms with E-state index < -0.39 is 0 Å². The van der Waals surface area contributed by atoms with E-state index >= 15 is 0 Å². The number of nitrogens with one attached hydrogen (secondary N) is 1. The van der Waals surface area contributed by atoms with Gasteiger partial charge >= 0.3 is 0 Å². The fourth-order valence-electron chi connectivity index (χ4n) is 2.10. The lowest BCUT2D eigenvalue weighted by Crippen LogP contribution is -2.22. The number of rotatable bonds is 6. The number of aromatic nitrogens is 1. The van der Waals surface area contributed by atoms with E-state index in [-0.39, 0.29) is 12.1 Å². The smallest absolute Gasteiger partial charge is 0.120 e. The Morgan fingerprint density at radius 2 is 2.15 bits per heavy atom. The van der Waals surface area contributed by atoms with E-state index in [0.717, 1.165) is 23.0 Å². The maximum Gasteiger partial charge on any atom is 0.120 e. The lowest BCUT2D eigenvalue weighted by atomic mass is 10.1. The molecule has 108 valence electrons. The monoisotopic (exact) mass is 290 g/mol. The van der Waals surface area contributed by atoms with Crippen LogP contribution in [0.15, 0.2) is 29.6 Å². The molecule has 3 nitrogen and oxygen atoms in total. The Morgan fingerprint density at radius 3 is 2.75 bits per heavy atom. The first kappa shape index (κ1) is 15.0. The van der Waals surface area contributed by atoms with Crippen molar-refractivity contribution in [1.82, 2.24) is 10.3 Å². The van der Waals surface area contributed by atoms with Crippen LogP contribution in [0.5, 0.6) is 5.75 Å². The molecule has 1 heterocycles. The summed E-state index contributed by atoms with van der Waals surface area (Å²) in [5.41, 5.74) is 2.27. The first-order valence-electron chi connectivity index (χ1n) is 7.02. The SMILES string of the molecule is CCNC(c1cccc(OC(C)C)c1)c1nc(C)cs1. The van der Waals surface area contributed by atoms with Gasteiger partial charge in [0.25, 0.3) is 0 Å². The molecule has 0 saturated heterocycles. The largest absolute Gasteiger partial charge is 0.491 e. The van der Waals surface area contributed by atoms with Gasteiger partial charge in [-0.05, 0) is 45.0 Å². The quantitative estimate of drug-likeness (QED) is 0.875. The zero-order valence-corrected chi connectivity index (χ0v) is 13.3. The van der Waals surface area contributed by atoms with Crippen LogP contribution in [-0.4, -0.2) is 17.6 Å². The van der Waals surface area contributed by atoms with Gasteiger partial charge in [-0.2, -0.15) is 0 Å². The highest BCUT2D eigenvalue weighted by Gasteiger charge is 2.17. The molecule has 0 spiro atoms. The topological polar surface area (TPSA) is 34.1 Å². The van der Waals surface area contributed by atoms with Crippen LogP contribution in [0, 0.1) is 6.92 Å². The van der Waals surface area contributed by atoms with Gasteiger partial charge in [-0.25, -0.2) is 4.98 Å². The molecule has 1 N–H and O–H groups in total. The average molecular weight is 290 g/mol. The molecule has 1 unspecified atom stereocenters. The van der Waals surface area contributed by atoms with Gasteiger partial charge in [-0.15, -0.1) is 11.3 Å². The molecule has 2 rings (SSSR count). The summed E-state index contributed by atoms with van der Waals surface area (Å²) in [5.74, 6) is 0.911. The van der Waals surface area contributed by atoms with Crippen LogP contribution < -0.4 is 10.1 Å². The van der Waals surface area contributed by atoms with E-state index in [9.17, 15) is 0 Å². The number of hydrogen-bond acceptors (Lipinski definition) is 4. The minimum atomic E-state index is 0.134. The summed E-state index contributed by atoms with van der Waals surface area (Å²) in [7, 11) is 0. The molecule has 4 heteroatoms. The lowest BCUT2D eigenvalue weighted by molar-refractivity contribution is 0.242. The molecule has 0 aliphatic rings.